The molecule has 0 spiro atoms. The largest absolute Gasteiger partial charge is 0.289 e. The third kappa shape index (κ3) is 3.18. The van der Waals surface area contributed by atoms with Crippen molar-refractivity contribution in [3.05, 3.63) is 76.6 Å². The van der Waals surface area contributed by atoms with Crippen molar-refractivity contribution in [1.29, 1.82) is 5.26 Å². The molecule has 0 saturated carbocycles. The van der Waals surface area contributed by atoms with Crippen molar-refractivity contribution >= 4 is 11.9 Å². The molecule has 0 N–H and O–H groups in total. The van der Waals surface area contributed by atoms with Gasteiger partial charge in [0.2, 0.25) is 0 Å². The van der Waals surface area contributed by atoms with E-state index < -0.39 is 0 Å². The normalized spacial score (nSPS) is 10.4. The lowest BCUT2D eigenvalue weighted by molar-refractivity contribution is 0.104. The number of carbonyl (C=O) groups excluding carboxylic acids is 1. The zero-order chi connectivity index (χ0) is 14.5. The number of allylic oxidation sites excluding steroid dienone is 1. The summed E-state index contributed by atoms with van der Waals surface area (Å²) >= 11 is 0. The standard InChI is InChI=1S/C17H12FNO/c1-12-10-15(7-8-16(12)18)17(20)9-6-13-2-4-14(11-19)5-3-13/h2-10H,1H3. The smallest absolute Gasteiger partial charge is 0.185 e. The molecule has 2 rings (SSSR count). The number of rotatable bonds is 3. The Labute approximate surface area is 116 Å². The van der Waals surface area contributed by atoms with Gasteiger partial charge in [-0.3, -0.25) is 4.79 Å². The lowest BCUT2D eigenvalue weighted by Gasteiger charge is -1.99. The van der Waals surface area contributed by atoms with Crippen LogP contribution < -0.4 is 0 Å². The highest BCUT2D eigenvalue weighted by Gasteiger charge is 2.04. The molecule has 0 heterocycles. The minimum atomic E-state index is -0.322. The minimum Gasteiger partial charge on any atom is -0.289 e. The van der Waals surface area contributed by atoms with Crippen LogP contribution in [-0.2, 0) is 0 Å². The van der Waals surface area contributed by atoms with E-state index >= 15 is 0 Å². The number of hydrogen-bond donors (Lipinski definition) is 0. The van der Waals surface area contributed by atoms with Gasteiger partial charge in [0.05, 0.1) is 11.6 Å². The number of aryl methyl sites for hydroxylation is 1. The third-order valence-corrected chi connectivity index (χ3v) is 2.91. The van der Waals surface area contributed by atoms with Crippen molar-refractivity contribution < 1.29 is 9.18 Å². The molecule has 2 aromatic rings. The molecule has 0 aromatic heterocycles. The van der Waals surface area contributed by atoms with Gasteiger partial charge in [0.25, 0.3) is 0 Å². The van der Waals surface area contributed by atoms with Gasteiger partial charge in [0.1, 0.15) is 5.82 Å². The van der Waals surface area contributed by atoms with E-state index in [0.717, 1.165) is 5.56 Å². The molecule has 0 fully saturated rings. The number of halogens is 1. The molecule has 3 heteroatoms. The van der Waals surface area contributed by atoms with E-state index in [1.54, 1.807) is 37.3 Å². The van der Waals surface area contributed by atoms with E-state index in [4.69, 9.17) is 5.26 Å². The maximum absolute atomic E-state index is 13.1. The second-order valence-corrected chi connectivity index (χ2v) is 4.40. The summed E-state index contributed by atoms with van der Waals surface area (Å²) in [5.41, 5.74) is 2.30. The van der Waals surface area contributed by atoms with E-state index in [-0.39, 0.29) is 11.6 Å². The summed E-state index contributed by atoms with van der Waals surface area (Å²) in [6, 6.07) is 13.2. The van der Waals surface area contributed by atoms with Gasteiger partial charge >= 0.3 is 0 Å². The number of benzene rings is 2. The monoisotopic (exact) mass is 265 g/mol. The molecule has 2 nitrogen and oxygen atoms in total. The fraction of sp³-hybridized carbons (Fsp3) is 0.0588. The molecular weight excluding hydrogens is 253 g/mol. The van der Waals surface area contributed by atoms with Gasteiger partial charge in [-0.2, -0.15) is 5.26 Å². The number of nitriles is 1. The third-order valence-electron chi connectivity index (χ3n) is 2.91. The molecule has 0 aliphatic heterocycles. The quantitative estimate of drug-likeness (QED) is 0.623. The number of carbonyl (C=O) groups is 1. The second kappa shape index (κ2) is 5.94. The van der Waals surface area contributed by atoms with Crippen LogP contribution in [-0.4, -0.2) is 5.78 Å². The number of ketones is 1. The summed E-state index contributed by atoms with van der Waals surface area (Å²) < 4.78 is 13.1. The van der Waals surface area contributed by atoms with Crippen LogP contribution in [0.1, 0.15) is 27.0 Å². The van der Waals surface area contributed by atoms with Gasteiger partial charge in [-0.15, -0.1) is 0 Å². The van der Waals surface area contributed by atoms with Crippen molar-refractivity contribution in [2.24, 2.45) is 0 Å². The molecule has 0 unspecified atom stereocenters. The highest BCUT2D eigenvalue weighted by Crippen LogP contribution is 2.11. The maximum Gasteiger partial charge on any atom is 0.185 e. The Hall–Kier alpha value is -2.73. The van der Waals surface area contributed by atoms with E-state index in [0.29, 0.717) is 16.7 Å². The van der Waals surface area contributed by atoms with Gasteiger partial charge in [0, 0.05) is 5.56 Å². The minimum absolute atomic E-state index is 0.183. The first kappa shape index (κ1) is 13.7. The Kier molecular flexibility index (Phi) is 4.07. The van der Waals surface area contributed by atoms with Crippen LogP contribution in [0.5, 0.6) is 0 Å². The molecule has 0 saturated heterocycles. The number of nitrogens with zero attached hydrogens (tertiary/aromatic N) is 1. The summed E-state index contributed by atoms with van der Waals surface area (Å²) in [6.45, 7) is 1.62. The van der Waals surface area contributed by atoms with Crippen molar-refractivity contribution in [3.63, 3.8) is 0 Å². The Balaban J connectivity index is 2.15. The molecule has 0 aliphatic carbocycles. The summed E-state index contributed by atoms with van der Waals surface area (Å²) in [5, 5.41) is 8.69. The molecule has 20 heavy (non-hydrogen) atoms. The second-order valence-electron chi connectivity index (χ2n) is 4.40. The SMILES string of the molecule is Cc1cc(C(=O)C=Cc2ccc(C#N)cc2)ccc1F. The lowest BCUT2D eigenvalue weighted by atomic mass is 10.1. The van der Waals surface area contributed by atoms with Gasteiger partial charge in [-0.1, -0.05) is 18.2 Å². The molecule has 0 atom stereocenters. The van der Waals surface area contributed by atoms with Crippen LogP contribution in [0.25, 0.3) is 6.08 Å². The van der Waals surface area contributed by atoms with Gasteiger partial charge in [0.15, 0.2) is 5.78 Å². The Morgan fingerprint density at radius 2 is 1.90 bits per heavy atom. The fourth-order valence-corrected chi connectivity index (χ4v) is 1.73. The average molecular weight is 265 g/mol. The molecular formula is C17H12FNO. The molecule has 0 radical (unpaired) electrons. The van der Waals surface area contributed by atoms with Crippen LogP contribution >= 0.6 is 0 Å². The highest BCUT2D eigenvalue weighted by molar-refractivity contribution is 6.06. The zero-order valence-corrected chi connectivity index (χ0v) is 10.9. The highest BCUT2D eigenvalue weighted by atomic mass is 19.1. The summed E-state index contributed by atoms with van der Waals surface area (Å²) in [6.07, 6.45) is 3.11. The average Bonchev–Trinajstić information content (AvgIpc) is 2.48. The summed E-state index contributed by atoms with van der Waals surface area (Å²) in [5.74, 6) is -0.505. The summed E-state index contributed by atoms with van der Waals surface area (Å²) in [7, 11) is 0. The first-order valence-electron chi connectivity index (χ1n) is 6.09. The van der Waals surface area contributed by atoms with Crippen molar-refractivity contribution in [1.82, 2.24) is 0 Å². The molecule has 0 amide bonds. The van der Waals surface area contributed by atoms with Gasteiger partial charge < -0.3 is 0 Å². The predicted octanol–water partition coefficient (Wildman–Crippen LogP) is 3.90. The Morgan fingerprint density at radius 3 is 2.50 bits per heavy atom. The molecule has 2 aromatic carbocycles. The summed E-state index contributed by atoms with van der Waals surface area (Å²) in [4.78, 5) is 11.9. The zero-order valence-electron chi connectivity index (χ0n) is 10.9. The van der Waals surface area contributed by atoms with Crippen molar-refractivity contribution in [2.45, 2.75) is 6.92 Å². The Bertz CT molecular complexity index is 709. The predicted molar refractivity (Wildman–Crippen MR) is 75.7 cm³/mol. The molecule has 0 bridgehead atoms. The first-order chi connectivity index (χ1) is 9.60. The van der Waals surface area contributed by atoms with E-state index in [2.05, 4.69) is 0 Å². The number of hydrogen-bond acceptors (Lipinski definition) is 2. The maximum atomic E-state index is 13.1. The van der Waals surface area contributed by atoms with Crippen LogP contribution in [0.3, 0.4) is 0 Å². The topological polar surface area (TPSA) is 40.9 Å². The van der Waals surface area contributed by atoms with Gasteiger partial charge in [-0.25, -0.2) is 4.39 Å². The van der Waals surface area contributed by atoms with Crippen molar-refractivity contribution in [3.8, 4) is 6.07 Å². The lowest BCUT2D eigenvalue weighted by Crippen LogP contribution is -1.96. The van der Waals surface area contributed by atoms with E-state index in [9.17, 15) is 9.18 Å². The van der Waals surface area contributed by atoms with Gasteiger partial charge in [-0.05, 0) is 54.5 Å². The van der Waals surface area contributed by atoms with E-state index in [1.807, 2.05) is 6.07 Å². The Morgan fingerprint density at radius 1 is 1.20 bits per heavy atom. The van der Waals surface area contributed by atoms with Crippen LogP contribution in [0.2, 0.25) is 0 Å². The van der Waals surface area contributed by atoms with Crippen LogP contribution in [0, 0.1) is 24.1 Å². The molecule has 0 aliphatic rings. The van der Waals surface area contributed by atoms with Crippen molar-refractivity contribution in [2.75, 3.05) is 0 Å². The van der Waals surface area contributed by atoms with E-state index in [1.165, 1.54) is 24.3 Å². The molecule has 98 valence electrons. The fourth-order valence-electron chi connectivity index (χ4n) is 1.73. The van der Waals surface area contributed by atoms with Crippen LogP contribution in [0.4, 0.5) is 4.39 Å². The van der Waals surface area contributed by atoms with Crippen LogP contribution in [0.15, 0.2) is 48.5 Å². The first-order valence-corrected chi connectivity index (χ1v) is 6.09.